The molecular formula is C14H17F2N3O3. The number of hydrogen-bond donors (Lipinski definition) is 2. The third-order valence-electron chi connectivity index (χ3n) is 3.45. The molecule has 0 saturated carbocycles. The molecule has 1 saturated heterocycles. The summed E-state index contributed by atoms with van der Waals surface area (Å²) in [6.45, 7) is 2.40. The summed E-state index contributed by atoms with van der Waals surface area (Å²) in [5, 5.41) is 11.0. The molecule has 1 aliphatic heterocycles. The Kier molecular flexibility index (Phi) is 5.40. The van der Waals surface area contributed by atoms with Crippen LogP contribution in [-0.4, -0.2) is 66.1 Å². The molecule has 8 heteroatoms. The minimum absolute atomic E-state index is 0.0400. The molecule has 1 aromatic carbocycles. The molecule has 2 rings (SSSR count). The third-order valence-corrected chi connectivity index (χ3v) is 3.45. The van der Waals surface area contributed by atoms with Crippen LogP contribution in [-0.2, 0) is 9.59 Å². The molecule has 0 radical (unpaired) electrons. The molecular weight excluding hydrogens is 296 g/mol. The van der Waals surface area contributed by atoms with Gasteiger partial charge in [-0.15, -0.1) is 0 Å². The second-order valence-electron chi connectivity index (χ2n) is 4.94. The predicted octanol–water partition coefficient (Wildman–Crippen LogP) is 0.0398. The van der Waals surface area contributed by atoms with Gasteiger partial charge in [-0.2, -0.15) is 0 Å². The summed E-state index contributed by atoms with van der Waals surface area (Å²) in [5.41, 5.74) is -0.237. The lowest BCUT2D eigenvalue weighted by Crippen LogP contribution is -2.52. The van der Waals surface area contributed by atoms with Crippen LogP contribution < -0.4 is 5.32 Å². The minimum Gasteiger partial charge on any atom is -0.395 e. The van der Waals surface area contributed by atoms with E-state index >= 15 is 0 Å². The largest absolute Gasteiger partial charge is 0.395 e. The molecule has 1 fully saturated rings. The number of aliphatic hydroxyl groups excluding tert-OH is 1. The molecule has 2 amide bonds. The SMILES string of the molecule is O=C(Nc1ccc(F)cc1F)C(=O)N1CCN(CCO)CC1. The maximum atomic E-state index is 13.4. The maximum absolute atomic E-state index is 13.4. The van der Waals surface area contributed by atoms with Crippen molar-refractivity contribution in [2.24, 2.45) is 0 Å². The molecule has 0 aliphatic carbocycles. The van der Waals surface area contributed by atoms with Gasteiger partial charge >= 0.3 is 11.8 Å². The summed E-state index contributed by atoms with van der Waals surface area (Å²) < 4.78 is 26.2. The Balaban J connectivity index is 1.91. The fraction of sp³-hybridized carbons (Fsp3) is 0.429. The van der Waals surface area contributed by atoms with Crippen LogP contribution in [0.3, 0.4) is 0 Å². The highest BCUT2D eigenvalue weighted by atomic mass is 19.1. The van der Waals surface area contributed by atoms with Gasteiger partial charge in [0.1, 0.15) is 11.6 Å². The van der Waals surface area contributed by atoms with E-state index in [4.69, 9.17) is 5.11 Å². The average molecular weight is 313 g/mol. The van der Waals surface area contributed by atoms with Crippen molar-refractivity contribution < 1.29 is 23.5 Å². The van der Waals surface area contributed by atoms with Crippen LogP contribution in [0.5, 0.6) is 0 Å². The molecule has 0 spiro atoms. The van der Waals surface area contributed by atoms with Crippen LogP contribution in [0.1, 0.15) is 0 Å². The molecule has 1 heterocycles. The van der Waals surface area contributed by atoms with Crippen molar-refractivity contribution in [3.63, 3.8) is 0 Å². The van der Waals surface area contributed by atoms with E-state index in [0.717, 1.165) is 12.1 Å². The van der Waals surface area contributed by atoms with Crippen molar-refractivity contribution in [1.82, 2.24) is 9.80 Å². The Bertz CT molecular complexity index is 560. The number of hydrogen-bond acceptors (Lipinski definition) is 4. The summed E-state index contributed by atoms with van der Waals surface area (Å²) in [5.74, 6) is -3.41. The van der Waals surface area contributed by atoms with Crippen molar-refractivity contribution in [3.8, 4) is 0 Å². The van der Waals surface area contributed by atoms with E-state index in [1.807, 2.05) is 4.90 Å². The lowest BCUT2D eigenvalue weighted by molar-refractivity contribution is -0.144. The number of carbonyl (C=O) groups excluding carboxylic acids is 2. The monoisotopic (exact) mass is 313 g/mol. The standard InChI is InChI=1S/C14H17F2N3O3/c15-10-1-2-12(11(16)9-10)17-13(21)14(22)19-5-3-18(4-6-19)7-8-20/h1-2,9,20H,3-8H2,(H,17,21). The molecule has 1 aliphatic rings. The average Bonchev–Trinajstić information content (AvgIpc) is 2.50. The first-order valence-corrected chi connectivity index (χ1v) is 6.90. The zero-order valence-electron chi connectivity index (χ0n) is 11.9. The predicted molar refractivity (Wildman–Crippen MR) is 75.1 cm³/mol. The third kappa shape index (κ3) is 3.99. The fourth-order valence-corrected chi connectivity index (χ4v) is 2.23. The van der Waals surface area contributed by atoms with Gasteiger partial charge in [0.15, 0.2) is 0 Å². The zero-order valence-corrected chi connectivity index (χ0v) is 11.9. The topological polar surface area (TPSA) is 72.9 Å². The van der Waals surface area contributed by atoms with Gasteiger partial charge in [0.05, 0.1) is 12.3 Å². The second-order valence-corrected chi connectivity index (χ2v) is 4.94. The summed E-state index contributed by atoms with van der Waals surface area (Å²) in [6, 6.07) is 2.69. The van der Waals surface area contributed by atoms with Crippen LogP contribution >= 0.6 is 0 Å². The summed E-state index contributed by atoms with van der Waals surface area (Å²) >= 11 is 0. The normalized spacial score (nSPS) is 15.7. The van der Waals surface area contributed by atoms with E-state index in [9.17, 15) is 18.4 Å². The minimum atomic E-state index is -0.957. The van der Waals surface area contributed by atoms with E-state index in [2.05, 4.69) is 5.32 Å². The van der Waals surface area contributed by atoms with Crippen molar-refractivity contribution >= 4 is 17.5 Å². The first-order valence-electron chi connectivity index (χ1n) is 6.90. The number of anilines is 1. The highest BCUT2D eigenvalue weighted by Gasteiger charge is 2.26. The number of nitrogens with zero attached hydrogens (tertiary/aromatic N) is 2. The van der Waals surface area contributed by atoms with Crippen LogP contribution in [0.15, 0.2) is 18.2 Å². The summed E-state index contributed by atoms with van der Waals surface area (Å²) in [7, 11) is 0. The molecule has 0 aromatic heterocycles. The number of aliphatic hydroxyl groups is 1. The Morgan fingerprint density at radius 3 is 2.45 bits per heavy atom. The van der Waals surface area contributed by atoms with Crippen molar-refractivity contribution in [3.05, 3.63) is 29.8 Å². The first kappa shape index (κ1) is 16.3. The number of halogens is 2. The number of benzene rings is 1. The number of amides is 2. The smallest absolute Gasteiger partial charge is 0.313 e. The quantitative estimate of drug-likeness (QED) is 0.773. The van der Waals surface area contributed by atoms with E-state index in [1.54, 1.807) is 0 Å². The van der Waals surface area contributed by atoms with Gasteiger partial charge in [-0.05, 0) is 12.1 Å². The number of β-amino-alcohol motifs (C(OH)–C–C–N with tert-alkyl or cyclic N) is 1. The second kappa shape index (κ2) is 7.28. The Morgan fingerprint density at radius 2 is 1.86 bits per heavy atom. The van der Waals surface area contributed by atoms with Crippen LogP contribution in [0.25, 0.3) is 0 Å². The van der Waals surface area contributed by atoms with E-state index < -0.39 is 23.4 Å². The molecule has 0 atom stereocenters. The molecule has 2 N–H and O–H groups in total. The van der Waals surface area contributed by atoms with Crippen LogP contribution in [0.4, 0.5) is 14.5 Å². The van der Waals surface area contributed by atoms with Crippen molar-refractivity contribution in [2.45, 2.75) is 0 Å². The van der Waals surface area contributed by atoms with E-state index in [-0.39, 0.29) is 12.3 Å². The van der Waals surface area contributed by atoms with E-state index in [1.165, 1.54) is 4.90 Å². The molecule has 22 heavy (non-hydrogen) atoms. The molecule has 0 unspecified atom stereocenters. The maximum Gasteiger partial charge on any atom is 0.313 e. The Hall–Kier alpha value is -2.06. The first-order chi connectivity index (χ1) is 10.5. The van der Waals surface area contributed by atoms with Gasteiger partial charge in [-0.3, -0.25) is 14.5 Å². The highest BCUT2D eigenvalue weighted by molar-refractivity contribution is 6.39. The molecule has 1 aromatic rings. The lowest BCUT2D eigenvalue weighted by Gasteiger charge is -2.33. The summed E-state index contributed by atoms with van der Waals surface area (Å²) in [6.07, 6.45) is 0. The Labute approximate surface area is 126 Å². The van der Waals surface area contributed by atoms with Crippen molar-refractivity contribution in [1.29, 1.82) is 0 Å². The van der Waals surface area contributed by atoms with Crippen molar-refractivity contribution in [2.75, 3.05) is 44.6 Å². The molecule has 0 bridgehead atoms. The van der Waals surface area contributed by atoms with Crippen LogP contribution in [0.2, 0.25) is 0 Å². The highest BCUT2D eigenvalue weighted by Crippen LogP contribution is 2.15. The molecule has 6 nitrogen and oxygen atoms in total. The molecule has 120 valence electrons. The zero-order chi connectivity index (χ0) is 16.1. The lowest BCUT2D eigenvalue weighted by atomic mass is 10.2. The number of carbonyl (C=O) groups is 2. The van der Waals surface area contributed by atoms with Gasteiger partial charge in [-0.25, -0.2) is 8.78 Å². The van der Waals surface area contributed by atoms with Crippen LogP contribution in [0, 0.1) is 11.6 Å². The van der Waals surface area contributed by atoms with Gasteiger partial charge in [0, 0.05) is 38.8 Å². The Morgan fingerprint density at radius 1 is 1.18 bits per heavy atom. The van der Waals surface area contributed by atoms with Gasteiger partial charge in [-0.1, -0.05) is 0 Å². The van der Waals surface area contributed by atoms with E-state index in [0.29, 0.717) is 38.8 Å². The summed E-state index contributed by atoms with van der Waals surface area (Å²) in [4.78, 5) is 27.2. The number of nitrogens with one attached hydrogen (secondary N) is 1. The van der Waals surface area contributed by atoms with Gasteiger partial charge in [0.2, 0.25) is 0 Å². The number of rotatable bonds is 3. The fourth-order valence-electron chi connectivity index (χ4n) is 2.23. The number of piperazine rings is 1. The van der Waals surface area contributed by atoms with Gasteiger partial charge in [0.25, 0.3) is 0 Å². The van der Waals surface area contributed by atoms with Gasteiger partial charge < -0.3 is 15.3 Å².